The first-order valence-electron chi connectivity index (χ1n) is 9.74. The highest BCUT2D eigenvalue weighted by Gasteiger charge is 2.26. The van der Waals surface area contributed by atoms with Gasteiger partial charge in [-0.1, -0.05) is 25.0 Å². The van der Waals surface area contributed by atoms with E-state index in [-0.39, 0.29) is 11.6 Å². The van der Waals surface area contributed by atoms with Crippen LogP contribution in [0.2, 0.25) is 0 Å². The van der Waals surface area contributed by atoms with Crippen LogP contribution in [0, 0.1) is 6.92 Å². The Bertz CT molecular complexity index is 1040. The number of aromatic nitrogens is 3. The minimum absolute atomic E-state index is 0.0752. The third kappa shape index (κ3) is 3.52. The number of pyridine rings is 1. The summed E-state index contributed by atoms with van der Waals surface area (Å²) in [6, 6.07) is 7.62. The highest BCUT2D eigenvalue weighted by Crippen LogP contribution is 2.28. The zero-order valence-corrected chi connectivity index (χ0v) is 16.3. The molecule has 0 radical (unpaired) electrons. The first-order valence-corrected chi connectivity index (χ1v) is 9.74. The fourth-order valence-corrected chi connectivity index (χ4v) is 4.13. The average molecular weight is 379 g/mol. The molecule has 2 aromatic heterocycles. The molecule has 1 saturated carbocycles. The van der Waals surface area contributed by atoms with Crippen molar-refractivity contribution in [2.75, 3.05) is 7.11 Å². The van der Waals surface area contributed by atoms with E-state index < -0.39 is 6.10 Å². The highest BCUT2D eigenvalue weighted by molar-refractivity contribution is 5.81. The predicted octanol–water partition coefficient (Wildman–Crippen LogP) is 3.18. The lowest BCUT2D eigenvalue weighted by Gasteiger charge is -2.29. The van der Waals surface area contributed by atoms with E-state index in [4.69, 9.17) is 4.74 Å². The maximum Gasteiger partial charge on any atom is 0.261 e. The molecule has 146 valence electrons. The molecule has 0 saturated heterocycles. The molecule has 4 rings (SSSR count). The van der Waals surface area contributed by atoms with Crippen molar-refractivity contribution in [1.29, 1.82) is 0 Å². The zero-order valence-electron chi connectivity index (χ0n) is 16.3. The van der Waals surface area contributed by atoms with Crippen LogP contribution >= 0.6 is 0 Å². The van der Waals surface area contributed by atoms with E-state index in [1.165, 1.54) is 0 Å². The molecule has 28 heavy (non-hydrogen) atoms. The number of aryl methyl sites for hydroxylation is 1. The Morgan fingerprint density at radius 1 is 1.18 bits per heavy atom. The van der Waals surface area contributed by atoms with Crippen LogP contribution in [-0.4, -0.2) is 32.9 Å². The molecule has 1 N–H and O–H groups in total. The summed E-state index contributed by atoms with van der Waals surface area (Å²) < 4.78 is 6.74. The first-order chi connectivity index (χ1) is 13.6. The maximum absolute atomic E-state index is 13.2. The molecule has 2 heterocycles. The lowest BCUT2D eigenvalue weighted by Crippen LogP contribution is -2.34. The Kier molecular flexibility index (Phi) is 5.13. The number of aliphatic hydroxyl groups is 1. The monoisotopic (exact) mass is 379 g/mol. The van der Waals surface area contributed by atoms with E-state index in [9.17, 15) is 9.90 Å². The molecule has 1 fully saturated rings. The summed E-state index contributed by atoms with van der Waals surface area (Å²) >= 11 is 0. The topological polar surface area (TPSA) is 77.2 Å². The molecule has 3 aromatic rings. The average Bonchev–Trinajstić information content (AvgIpc) is 2.70. The van der Waals surface area contributed by atoms with Gasteiger partial charge in [0.05, 0.1) is 36.5 Å². The number of methoxy groups -OCH3 is 1. The van der Waals surface area contributed by atoms with Crippen LogP contribution in [0.15, 0.2) is 41.6 Å². The fourth-order valence-electron chi connectivity index (χ4n) is 4.13. The van der Waals surface area contributed by atoms with E-state index in [0.29, 0.717) is 17.7 Å². The van der Waals surface area contributed by atoms with Crippen molar-refractivity contribution in [2.45, 2.75) is 51.2 Å². The van der Waals surface area contributed by atoms with Gasteiger partial charge in [0.2, 0.25) is 5.88 Å². The lowest BCUT2D eigenvalue weighted by molar-refractivity contribution is 0.0735. The van der Waals surface area contributed by atoms with Crippen molar-refractivity contribution >= 4 is 10.9 Å². The van der Waals surface area contributed by atoms with E-state index in [0.717, 1.165) is 47.9 Å². The first kappa shape index (κ1) is 18.6. The molecule has 2 atom stereocenters. The Labute approximate surface area is 163 Å². The second-order valence-electron chi connectivity index (χ2n) is 7.57. The van der Waals surface area contributed by atoms with Crippen LogP contribution in [0.1, 0.15) is 48.4 Å². The minimum atomic E-state index is -0.486. The predicted molar refractivity (Wildman–Crippen MR) is 108 cm³/mol. The summed E-state index contributed by atoms with van der Waals surface area (Å²) in [5, 5.41) is 11.0. The number of ether oxygens (including phenoxy) is 1. The third-order valence-corrected chi connectivity index (χ3v) is 5.60. The van der Waals surface area contributed by atoms with Crippen LogP contribution in [0.3, 0.4) is 0 Å². The van der Waals surface area contributed by atoms with Crippen molar-refractivity contribution in [3.8, 4) is 5.88 Å². The number of hydrogen-bond acceptors (Lipinski definition) is 5. The Balaban J connectivity index is 1.73. The summed E-state index contributed by atoms with van der Waals surface area (Å²) in [5.74, 6) is 0.580. The van der Waals surface area contributed by atoms with Crippen molar-refractivity contribution in [1.82, 2.24) is 14.5 Å². The molecule has 1 aliphatic rings. The van der Waals surface area contributed by atoms with Gasteiger partial charge >= 0.3 is 0 Å². The Morgan fingerprint density at radius 2 is 2.00 bits per heavy atom. The van der Waals surface area contributed by atoms with E-state index in [1.807, 2.05) is 25.1 Å². The number of aliphatic hydroxyl groups excluding tert-OH is 1. The molecule has 0 bridgehead atoms. The summed E-state index contributed by atoms with van der Waals surface area (Å²) in [7, 11) is 1.59. The van der Waals surface area contributed by atoms with Gasteiger partial charge in [0.15, 0.2) is 0 Å². The molecular weight excluding hydrogens is 354 g/mol. The van der Waals surface area contributed by atoms with Gasteiger partial charge in [-0.25, -0.2) is 9.97 Å². The van der Waals surface area contributed by atoms with Gasteiger partial charge in [-0.3, -0.25) is 9.36 Å². The largest absolute Gasteiger partial charge is 0.481 e. The SMILES string of the molecule is COc1ccc(Cc2cc(C)c3ncn([C@H]4CCCC[C@@H]4O)c(=O)c3c2)cn1. The Hall–Kier alpha value is -2.73. The molecule has 6 heteroatoms. The van der Waals surface area contributed by atoms with Gasteiger partial charge in [0.25, 0.3) is 5.56 Å². The standard InChI is InChI=1S/C22H25N3O3/c1-14-9-16(10-15-7-8-20(28-2)23-12-15)11-17-21(14)24-13-25(22(17)27)18-5-3-4-6-19(18)26/h7-9,11-13,18-19,26H,3-6,10H2,1-2H3/t18-,19-/m0/s1. The van der Waals surface area contributed by atoms with Crippen LogP contribution in [0.25, 0.3) is 10.9 Å². The summed E-state index contributed by atoms with van der Waals surface area (Å²) in [5.41, 5.74) is 3.71. The van der Waals surface area contributed by atoms with E-state index in [2.05, 4.69) is 16.0 Å². The number of hydrogen-bond donors (Lipinski definition) is 1. The maximum atomic E-state index is 13.2. The van der Waals surface area contributed by atoms with Gasteiger partial charge in [0, 0.05) is 12.3 Å². The quantitative estimate of drug-likeness (QED) is 0.753. The smallest absolute Gasteiger partial charge is 0.261 e. The molecule has 0 spiro atoms. The van der Waals surface area contributed by atoms with Gasteiger partial charge in [0.1, 0.15) is 0 Å². The van der Waals surface area contributed by atoms with E-state index >= 15 is 0 Å². The van der Waals surface area contributed by atoms with E-state index in [1.54, 1.807) is 24.2 Å². The molecule has 1 aromatic carbocycles. The number of benzene rings is 1. The van der Waals surface area contributed by atoms with Crippen molar-refractivity contribution in [3.63, 3.8) is 0 Å². The molecule has 6 nitrogen and oxygen atoms in total. The number of rotatable bonds is 4. The Morgan fingerprint density at radius 3 is 2.71 bits per heavy atom. The van der Waals surface area contributed by atoms with Crippen molar-refractivity contribution < 1.29 is 9.84 Å². The molecule has 0 unspecified atom stereocenters. The lowest BCUT2D eigenvalue weighted by atomic mass is 9.92. The second-order valence-corrected chi connectivity index (χ2v) is 7.57. The van der Waals surface area contributed by atoms with Gasteiger partial charge in [-0.2, -0.15) is 0 Å². The molecule has 1 aliphatic carbocycles. The molecular formula is C22H25N3O3. The third-order valence-electron chi connectivity index (χ3n) is 5.60. The summed E-state index contributed by atoms with van der Waals surface area (Å²) in [6.45, 7) is 1.98. The normalized spacial score (nSPS) is 19.7. The minimum Gasteiger partial charge on any atom is -0.481 e. The van der Waals surface area contributed by atoms with Crippen molar-refractivity contribution in [2.24, 2.45) is 0 Å². The summed E-state index contributed by atoms with van der Waals surface area (Å²) in [6.07, 6.45) is 7.15. The van der Waals surface area contributed by atoms with Gasteiger partial charge < -0.3 is 9.84 Å². The molecule has 0 aliphatic heterocycles. The summed E-state index contributed by atoms with van der Waals surface area (Å²) in [4.78, 5) is 22.0. The fraction of sp³-hybridized carbons (Fsp3) is 0.409. The van der Waals surface area contributed by atoms with Gasteiger partial charge in [-0.15, -0.1) is 0 Å². The van der Waals surface area contributed by atoms with Crippen LogP contribution in [0.4, 0.5) is 0 Å². The number of nitrogens with zero attached hydrogens (tertiary/aromatic N) is 3. The van der Waals surface area contributed by atoms with Gasteiger partial charge in [-0.05, 0) is 48.9 Å². The van der Waals surface area contributed by atoms with Crippen LogP contribution in [0.5, 0.6) is 5.88 Å². The van der Waals surface area contributed by atoms with Crippen molar-refractivity contribution in [3.05, 3.63) is 63.8 Å². The second kappa shape index (κ2) is 7.72. The van der Waals surface area contributed by atoms with Crippen LogP contribution < -0.4 is 10.3 Å². The van der Waals surface area contributed by atoms with Crippen LogP contribution in [-0.2, 0) is 6.42 Å². The molecule has 0 amide bonds. The zero-order chi connectivity index (χ0) is 19.7. The number of fused-ring (bicyclic) bond motifs is 1. The highest BCUT2D eigenvalue weighted by atomic mass is 16.5.